The highest BCUT2D eigenvalue weighted by Crippen LogP contribution is 2.22. The molecule has 0 N–H and O–H groups in total. The minimum Gasteiger partial charge on any atom is -0.335 e. The van der Waals surface area contributed by atoms with Gasteiger partial charge in [0.15, 0.2) is 0 Å². The van der Waals surface area contributed by atoms with Gasteiger partial charge in [0.25, 0.3) is 5.91 Å². The maximum Gasteiger partial charge on any atom is 0.294 e. The average Bonchev–Trinajstić information content (AvgIpc) is 2.54. The first kappa shape index (κ1) is 17.9. The van der Waals surface area contributed by atoms with Crippen LogP contribution in [0.15, 0.2) is 48.5 Å². The molecule has 0 aliphatic heterocycles. The maximum absolute atomic E-state index is 12.3. The van der Waals surface area contributed by atoms with E-state index in [9.17, 15) is 9.59 Å². The minimum atomic E-state index is -0.487. The Morgan fingerprint density at radius 3 is 1.96 bits per heavy atom. The van der Waals surface area contributed by atoms with Crippen LogP contribution in [0.3, 0.4) is 0 Å². The molecule has 2 aromatic carbocycles. The highest BCUT2D eigenvalue weighted by atomic mass is 16.2. The predicted octanol–water partition coefficient (Wildman–Crippen LogP) is 4.13. The lowest BCUT2D eigenvalue weighted by Crippen LogP contribution is -2.32. The van der Waals surface area contributed by atoms with Crippen molar-refractivity contribution in [2.45, 2.75) is 39.7 Å². The van der Waals surface area contributed by atoms with Gasteiger partial charge in [-0.1, -0.05) is 74.9 Å². The number of hydrogen-bond donors (Lipinski definition) is 0. The Balaban J connectivity index is 2.06. The molecule has 0 aliphatic carbocycles. The van der Waals surface area contributed by atoms with Crippen molar-refractivity contribution < 1.29 is 9.59 Å². The van der Waals surface area contributed by atoms with Crippen molar-refractivity contribution in [3.63, 3.8) is 0 Å². The molecule has 2 aromatic rings. The predicted molar refractivity (Wildman–Crippen MR) is 97.1 cm³/mol. The van der Waals surface area contributed by atoms with Crippen molar-refractivity contribution in [3.05, 3.63) is 70.8 Å². The topological polar surface area (TPSA) is 37.4 Å². The first-order valence-corrected chi connectivity index (χ1v) is 8.14. The van der Waals surface area contributed by atoms with E-state index in [1.807, 2.05) is 31.2 Å². The van der Waals surface area contributed by atoms with Crippen LogP contribution in [0, 0.1) is 6.92 Å². The standard InChI is InChI=1S/C21H25NO2/c1-15-6-10-17(11-7-15)19(23)20(24)22(5)14-16-8-12-18(13-9-16)21(2,3)4/h6-13H,14H2,1-5H3. The smallest absolute Gasteiger partial charge is 0.294 e. The molecule has 0 aliphatic rings. The summed E-state index contributed by atoms with van der Waals surface area (Å²) in [5.41, 5.74) is 3.85. The summed E-state index contributed by atoms with van der Waals surface area (Å²) in [6.07, 6.45) is 0. The molecular formula is C21H25NO2. The molecule has 0 heterocycles. The fraction of sp³-hybridized carbons (Fsp3) is 0.333. The van der Waals surface area contributed by atoms with Gasteiger partial charge in [0.2, 0.25) is 5.78 Å². The fourth-order valence-corrected chi connectivity index (χ4v) is 2.46. The number of rotatable bonds is 4. The number of amides is 1. The van der Waals surface area contributed by atoms with Crippen LogP contribution in [0.2, 0.25) is 0 Å². The van der Waals surface area contributed by atoms with Gasteiger partial charge in [-0.2, -0.15) is 0 Å². The fourth-order valence-electron chi connectivity index (χ4n) is 2.46. The molecule has 3 nitrogen and oxygen atoms in total. The largest absolute Gasteiger partial charge is 0.335 e. The zero-order valence-corrected chi connectivity index (χ0v) is 15.1. The molecule has 2 rings (SSSR count). The number of ketones is 1. The van der Waals surface area contributed by atoms with Crippen molar-refractivity contribution in [1.82, 2.24) is 4.90 Å². The van der Waals surface area contributed by atoms with Gasteiger partial charge in [-0.25, -0.2) is 0 Å². The molecule has 3 heteroatoms. The van der Waals surface area contributed by atoms with Gasteiger partial charge >= 0.3 is 0 Å². The zero-order chi connectivity index (χ0) is 17.9. The molecule has 0 fully saturated rings. The van der Waals surface area contributed by atoms with Gasteiger partial charge in [-0.15, -0.1) is 0 Å². The van der Waals surface area contributed by atoms with Gasteiger partial charge < -0.3 is 4.90 Å². The Labute approximate surface area is 144 Å². The van der Waals surface area contributed by atoms with Gasteiger partial charge in [0, 0.05) is 19.2 Å². The lowest BCUT2D eigenvalue weighted by atomic mass is 9.87. The van der Waals surface area contributed by atoms with E-state index in [0.717, 1.165) is 11.1 Å². The molecule has 1 amide bonds. The molecule has 0 atom stereocenters. The molecule has 0 saturated carbocycles. The highest BCUT2D eigenvalue weighted by molar-refractivity contribution is 6.42. The van der Waals surface area contributed by atoms with Gasteiger partial charge in [0.05, 0.1) is 0 Å². The molecule has 0 spiro atoms. The zero-order valence-electron chi connectivity index (χ0n) is 15.1. The lowest BCUT2D eigenvalue weighted by Gasteiger charge is -2.20. The first-order valence-electron chi connectivity index (χ1n) is 8.14. The number of carbonyl (C=O) groups excluding carboxylic acids is 2. The molecule has 0 aromatic heterocycles. The minimum absolute atomic E-state index is 0.0989. The van der Waals surface area contributed by atoms with E-state index in [-0.39, 0.29) is 5.41 Å². The number of hydrogen-bond acceptors (Lipinski definition) is 2. The Kier molecular flexibility index (Phi) is 5.23. The molecule has 0 saturated heterocycles. The van der Waals surface area contributed by atoms with Crippen LogP contribution < -0.4 is 0 Å². The van der Waals surface area contributed by atoms with Crippen molar-refractivity contribution >= 4 is 11.7 Å². The van der Waals surface area contributed by atoms with E-state index in [4.69, 9.17) is 0 Å². The Bertz CT molecular complexity index is 722. The summed E-state index contributed by atoms with van der Waals surface area (Å²) in [4.78, 5) is 26.1. The summed E-state index contributed by atoms with van der Waals surface area (Å²) in [6.45, 7) is 8.86. The third-order valence-corrected chi connectivity index (χ3v) is 4.09. The third kappa shape index (κ3) is 4.31. The molecule has 24 heavy (non-hydrogen) atoms. The Hall–Kier alpha value is -2.42. The number of likely N-dealkylation sites (N-methyl/N-ethyl adjacent to an activating group) is 1. The second-order valence-electron chi connectivity index (χ2n) is 7.30. The second kappa shape index (κ2) is 7.00. The number of Topliss-reactive ketones (excluding diaryl/α,β-unsaturated/α-hetero) is 1. The van der Waals surface area contributed by atoms with E-state index < -0.39 is 11.7 Å². The van der Waals surface area contributed by atoms with Crippen molar-refractivity contribution in [2.24, 2.45) is 0 Å². The van der Waals surface area contributed by atoms with E-state index >= 15 is 0 Å². The number of benzene rings is 2. The maximum atomic E-state index is 12.3. The normalized spacial score (nSPS) is 11.2. The van der Waals surface area contributed by atoms with Crippen LogP contribution in [0.5, 0.6) is 0 Å². The lowest BCUT2D eigenvalue weighted by molar-refractivity contribution is -0.125. The molecule has 0 radical (unpaired) electrons. The second-order valence-corrected chi connectivity index (χ2v) is 7.30. The number of nitrogens with zero attached hydrogens (tertiary/aromatic N) is 1. The third-order valence-electron chi connectivity index (χ3n) is 4.09. The highest BCUT2D eigenvalue weighted by Gasteiger charge is 2.20. The van der Waals surface area contributed by atoms with Gasteiger partial charge in [-0.05, 0) is 23.5 Å². The summed E-state index contributed by atoms with van der Waals surface area (Å²) in [5.74, 6) is -0.956. The Morgan fingerprint density at radius 2 is 1.46 bits per heavy atom. The SMILES string of the molecule is Cc1ccc(C(=O)C(=O)N(C)Cc2ccc(C(C)(C)C)cc2)cc1. The quantitative estimate of drug-likeness (QED) is 0.626. The van der Waals surface area contributed by atoms with Crippen LogP contribution in [0.4, 0.5) is 0 Å². The van der Waals surface area contributed by atoms with Crippen LogP contribution >= 0.6 is 0 Å². The van der Waals surface area contributed by atoms with E-state index in [0.29, 0.717) is 12.1 Å². The number of aryl methyl sites for hydroxylation is 1. The van der Waals surface area contributed by atoms with Crippen LogP contribution in [0.1, 0.15) is 47.8 Å². The van der Waals surface area contributed by atoms with E-state index in [2.05, 4.69) is 32.9 Å². The summed E-state index contributed by atoms with van der Waals surface area (Å²) >= 11 is 0. The van der Waals surface area contributed by atoms with E-state index in [1.165, 1.54) is 10.5 Å². The summed E-state index contributed by atoms with van der Waals surface area (Å²) in [6, 6.07) is 15.3. The van der Waals surface area contributed by atoms with Crippen molar-refractivity contribution in [1.29, 1.82) is 0 Å². The first-order chi connectivity index (χ1) is 11.2. The summed E-state index contributed by atoms with van der Waals surface area (Å²) in [5, 5.41) is 0. The van der Waals surface area contributed by atoms with Gasteiger partial charge in [-0.3, -0.25) is 9.59 Å². The summed E-state index contributed by atoms with van der Waals surface area (Å²) < 4.78 is 0. The molecule has 0 unspecified atom stereocenters. The molecule has 126 valence electrons. The summed E-state index contributed by atoms with van der Waals surface area (Å²) in [7, 11) is 1.66. The van der Waals surface area contributed by atoms with Crippen LogP contribution in [-0.4, -0.2) is 23.6 Å². The average molecular weight is 323 g/mol. The van der Waals surface area contributed by atoms with E-state index in [1.54, 1.807) is 19.2 Å². The number of carbonyl (C=O) groups is 2. The van der Waals surface area contributed by atoms with Crippen molar-refractivity contribution in [3.8, 4) is 0 Å². The monoisotopic (exact) mass is 323 g/mol. The Morgan fingerprint density at radius 1 is 0.917 bits per heavy atom. The molecular weight excluding hydrogens is 298 g/mol. The van der Waals surface area contributed by atoms with Crippen LogP contribution in [0.25, 0.3) is 0 Å². The van der Waals surface area contributed by atoms with Gasteiger partial charge in [0.1, 0.15) is 0 Å². The molecule has 0 bridgehead atoms. The van der Waals surface area contributed by atoms with Crippen LogP contribution in [-0.2, 0) is 16.8 Å². The van der Waals surface area contributed by atoms with Crippen molar-refractivity contribution in [2.75, 3.05) is 7.05 Å².